The molecule has 5 unspecified atom stereocenters. The minimum atomic E-state index is -0.108. The van der Waals surface area contributed by atoms with E-state index in [0.29, 0.717) is 36.1 Å². The first-order valence-electron chi connectivity index (χ1n) is 20.6. The zero-order valence-electron chi connectivity index (χ0n) is 35.8. The zero-order valence-corrected chi connectivity index (χ0v) is 35.8. The van der Waals surface area contributed by atoms with Crippen LogP contribution in [-0.2, 0) is 4.79 Å². The van der Waals surface area contributed by atoms with Crippen molar-refractivity contribution in [3.63, 3.8) is 0 Å². The number of carbonyl (C=O) groups is 1. The summed E-state index contributed by atoms with van der Waals surface area (Å²) in [5.41, 5.74) is 5.22. The van der Waals surface area contributed by atoms with Gasteiger partial charge in [-0.15, -0.1) is 0 Å². The van der Waals surface area contributed by atoms with Gasteiger partial charge in [-0.1, -0.05) is 130 Å². The molecule has 2 fully saturated rings. The molecule has 3 rings (SSSR count). The number of carbonyl (C=O) groups excluding carboxylic acids is 1. The molecular formula is C47H79N5O. The summed E-state index contributed by atoms with van der Waals surface area (Å²) in [5.74, 6) is 2.88. The van der Waals surface area contributed by atoms with Gasteiger partial charge in [0.05, 0.1) is 17.9 Å². The SMILES string of the molecule is C=C1/C=C\C=C/CCC(C(CC(=O)N2C[C@H]3[C@@H](C2C(=C)NC(CC(C)C)C(=C)C(=C)C)C3(C)C)NC(=C)NC(CCC(=C)NC(C)C)C(C)C)C1.CC. The molecule has 0 aromatic rings. The molecule has 0 aromatic carbocycles. The number of nitrogens with one attached hydrogen (secondary N) is 4. The van der Waals surface area contributed by atoms with Gasteiger partial charge in [0.15, 0.2) is 0 Å². The number of fused-ring (bicyclic) bond motifs is 1. The van der Waals surface area contributed by atoms with Gasteiger partial charge < -0.3 is 26.2 Å². The molecule has 0 aromatic heterocycles. The van der Waals surface area contributed by atoms with E-state index in [1.165, 1.54) is 0 Å². The Kier molecular flexibility index (Phi) is 18.0. The second-order valence-electron chi connectivity index (χ2n) is 17.5. The molecule has 2 aliphatic carbocycles. The third kappa shape index (κ3) is 13.4. The van der Waals surface area contributed by atoms with Gasteiger partial charge in [0.1, 0.15) is 0 Å². The summed E-state index contributed by atoms with van der Waals surface area (Å²) in [6, 6.07) is 0.444. The predicted octanol–water partition coefficient (Wildman–Crippen LogP) is 10.3. The van der Waals surface area contributed by atoms with Gasteiger partial charge in [-0.25, -0.2) is 0 Å². The van der Waals surface area contributed by atoms with Crippen LogP contribution in [0.25, 0.3) is 0 Å². The minimum Gasteiger partial charge on any atom is -0.387 e. The maximum Gasteiger partial charge on any atom is 0.225 e. The van der Waals surface area contributed by atoms with E-state index in [-0.39, 0.29) is 41.4 Å². The molecular weight excluding hydrogens is 651 g/mol. The van der Waals surface area contributed by atoms with Crippen molar-refractivity contribution in [3.8, 4) is 0 Å². The van der Waals surface area contributed by atoms with Crippen LogP contribution in [0.5, 0.6) is 0 Å². The van der Waals surface area contributed by atoms with Crippen LogP contribution in [0.15, 0.2) is 97.7 Å². The zero-order chi connectivity index (χ0) is 40.2. The number of hydrogen-bond donors (Lipinski definition) is 4. The highest BCUT2D eigenvalue weighted by Crippen LogP contribution is 2.65. The molecule has 1 saturated carbocycles. The topological polar surface area (TPSA) is 68.4 Å². The maximum absolute atomic E-state index is 14.6. The fourth-order valence-corrected chi connectivity index (χ4v) is 8.35. The van der Waals surface area contributed by atoms with Gasteiger partial charge in [0, 0.05) is 42.5 Å². The molecule has 7 atom stereocenters. The Bertz CT molecular complexity index is 1360. The summed E-state index contributed by atoms with van der Waals surface area (Å²) in [7, 11) is 0. The summed E-state index contributed by atoms with van der Waals surface area (Å²) >= 11 is 0. The highest BCUT2D eigenvalue weighted by atomic mass is 16.2. The number of nitrogens with zero attached hydrogens (tertiary/aromatic N) is 1. The van der Waals surface area contributed by atoms with Crippen LogP contribution in [0, 0.1) is 35.0 Å². The molecule has 0 spiro atoms. The Morgan fingerprint density at radius 3 is 2.21 bits per heavy atom. The fourth-order valence-electron chi connectivity index (χ4n) is 8.35. The Balaban J connectivity index is 0.00000477. The molecule has 0 bridgehead atoms. The molecule has 1 amide bonds. The average Bonchev–Trinajstić information content (AvgIpc) is 3.37. The van der Waals surface area contributed by atoms with Crippen molar-refractivity contribution in [2.75, 3.05) is 6.54 Å². The lowest BCUT2D eigenvalue weighted by Gasteiger charge is -2.37. The van der Waals surface area contributed by atoms with E-state index in [1.54, 1.807) is 0 Å². The highest BCUT2D eigenvalue weighted by Gasteiger charge is 2.68. The molecule has 298 valence electrons. The molecule has 6 heteroatoms. The molecule has 1 aliphatic heterocycles. The molecule has 1 saturated heterocycles. The Labute approximate surface area is 326 Å². The minimum absolute atomic E-state index is 0.0369. The number of likely N-dealkylation sites (tertiary alicyclic amines) is 1. The van der Waals surface area contributed by atoms with Crippen molar-refractivity contribution < 1.29 is 4.79 Å². The predicted molar refractivity (Wildman–Crippen MR) is 231 cm³/mol. The number of amides is 1. The second-order valence-corrected chi connectivity index (χ2v) is 17.5. The lowest BCUT2D eigenvalue weighted by molar-refractivity contribution is -0.133. The van der Waals surface area contributed by atoms with Crippen molar-refractivity contribution in [2.45, 2.75) is 151 Å². The fraction of sp³-hybridized carbons (Fsp3) is 0.638. The van der Waals surface area contributed by atoms with E-state index in [4.69, 9.17) is 0 Å². The third-order valence-electron chi connectivity index (χ3n) is 11.5. The van der Waals surface area contributed by atoms with Crippen LogP contribution < -0.4 is 21.3 Å². The molecule has 4 N–H and O–H groups in total. The van der Waals surface area contributed by atoms with Gasteiger partial charge in [-0.2, -0.15) is 0 Å². The van der Waals surface area contributed by atoms with Gasteiger partial charge >= 0.3 is 0 Å². The van der Waals surface area contributed by atoms with Gasteiger partial charge in [-0.05, 0) is 99.9 Å². The normalized spacial score (nSPS) is 24.6. The number of hydrogen-bond acceptors (Lipinski definition) is 5. The standard InChI is InChI=1S/C45H73N5O.C2H6/c1-28(2)24-40(34(11)29(3)4)47-35(12)44-43-38(45(43,14)15)27-50(44)42(51)26-41(37-21-19-17-16-18-20-32(9)25-37)49-36(13)48-39(30(5)6)23-22-33(10)46-31(7)8;1-2/h16-18,20,28,30-31,37-41,43-44,46-49H,3,9-13,19,21-27H2,1-2,4-8,14-15H3;1-2H3/b17-16-,20-18-;/t37?,38-,39?,40?,41?,43-,44?;/m0./s1. The summed E-state index contributed by atoms with van der Waals surface area (Å²) in [5, 5.41) is 14.7. The maximum atomic E-state index is 14.6. The average molecular weight is 730 g/mol. The second kappa shape index (κ2) is 20.9. The molecule has 1 heterocycles. The molecule has 53 heavy (non-hydrogen) atoms. The van der Waals surface area contributed by atoms with E-state index in [9.17, 15) is 4.79 Å². The van der Waals surface area contributed by atoms with Crippen LogP contribution in [0.1, 0.15) is 121 Å². The first kappa shape index (κ1) is 45.7. The summed E-state index contributed by atoms with van der Waals surface area (Å²) in [4.78, 5) is 16.8. The Morgan fingerprint density at radius 2 is 1.62 bits per heavy atom. The summed E-state index contributed by atoms with van der Waals surface area (Å²) < 4.78 is 0. The van der Waals surface area contributed by atoms with Crippen molar-refractivity contribution in [3.05, 3.63) is 97.7 Å². The van der Waals surface area contributed by atoms with E-state index in [0.717, 1.165) is 79.0 Å². The first-order chi connectivity index (χ1) is 24.8. The Hall–Kier alpha value is -3.41. The highest BCUT2D eigenvalue weighted by molar-refractivity contribution is 5.78. The van der Waals surface area contributed by atoms with E-state index in [1.807, 2.05) is 20.8 Å². The quantitative estimate of drug-likeness (QED) is 0.0940. The third-order valence-corrected chi connectivity index (χ3v) is 11.5. The van der Waals surface area contributed by atoms with E-state index < -0.39 is 0 Å². The largest absolute Gasteiger partial charge is 0.387 e. The van der Waals surface area contributed by atoms with Gasteiger partial charge in [0.25, 0.3) is 0 Å². The number of rotatable bonds is 20. The number of allylic oxidation sites excluding steroid dienone is 6. The van der Waals surface area contributed by atoms with Gasteiger partial charge in [0.2, 0.25) is 5.91 Å². The van der Waals surface area contributed by atoms with Crippen LogP contribution in [0.3, 0.4) is 0 Å². The Morgan fingerprint density at radius 1 is 0.962 bits per heavy atom. The smallest absolute Gasteiger partial charge is 0.225 e. The van der Waals surface area contributed by atoms with Crippen molar-refractivity contribution in [1.29, 1.82) is 0 Å². The van der Waals surface area contributed by atoms with Crippen molar-refractivity contribution >= 4 is 5.91 Å². The molecule has 3 aliphatic rings. The molecule has 0 radical (unpaired) electrons. The van der Waals surface area contributed by atoms with Crippen LogP contribution in [-0.4, -0.2) is 47.6 Å². The summed E-state index contributed by atoms with van der Waals surface area (Å²) in [6.07, 6.45) is 14.4. The lowest BCUT2D eigenvalue weighted by atomic mass is 9.86. The monoisotopic (exact) mass is 730 g/mol. The van der Waals surface area contributed by atoms with Crippen molar-refractivity contribution in [2.24, 2.45) is 35.0 Å². The lowest BCUT2D eigenvalue weighted by Crippen LogP contribution is -2.50. The van der Waals surface area contributed by atoms with Crippen LogP contribution in [0.4, 0.5) is 0 Å². The first-order valence-corrected chi connectivity index (χ1v) is 20.6. The van der Waals surface area contributed by atoms with Crippen molar-refractivity contribution in [1.82, 2.24) is 26.2 Å². The van der Waals surface area contributed by atoms with Crippen LogP contribution in [0.2, 0.25) is 0 Å². The van der Waals surface area contributed by atoms with Gasteiger partial charge in [-0.3, -0.25) is 4.79 Å². The summed E-state index contributed by atoms with van der Waals surface area (Å²) in [6.45, 7) is 50.9. The van der Waals surface area contributed by atoms with E-state index >= 15 is 0 Å². The van der Waals surface area contributed by atoms with E-state index in [2.05, 4.69) is 145 Å². The molecule has 6 nitrogen and oxygen atoms in total. The number of piperidine rings is 1. The van der Waals surface area contributed by atoms with Crippen LogP contribution >= 0.6 is 0 Å².